The highest BCUT2D eigenvalue weighted by molar-refractivity contribution is 9.10. The van der Waals surface area contributed by atoms with E-state index in [2.05, 4.69) is 21.2 Å². The number of rotatable bonds is 4. The summed E-state index contributed by atoms with van der Waals surface area (Å²) < 4.78 is 5.75. The Balaban J connectivity index is 2.06. The van der Waals surface area contributed by atoms with Gasteiger partial charge in [0.15, 0.2) is 16.6 Å². The van der Waals surface area contributed by atoms with Gasteiger partial charge in [-0.1, -0.05) is 23.7 Å². The van der Waals surface area contributed by atoms with Gasteiger partial charge in [0.1, 0.15) is 5.57 Å². The lowest BCUT2D eigenvalue weighted by atomic mass is 10.1. The van der Waals surface area contributed by atoms with Gasteiger partial charge in [-0.25, -0.2) is 0 Å². The topological polar surface area (TPSA) is 78.9 Å². The number of hydrogen-bond acceptors (Lipinski definition) is 5. The van der Waals surface area contributed by atoms with Crippen LogP contribution >= 0.6 is 39.7 Å². The quantitative estimate of drug-likeness (QED) is 0.391. The van der Waals surface area contributed by atoms with Crippen molar-refractivity contribution in [3.05, 3.63) is 57.0 Å². The van der Waals surface area contributed by atoms with Crippen LogP contribution in [0.1, 0.15) is 12.5 Å². The standard InChI is InChI=1S/C19H14BrClN2O4S/c1-2-27-15-9-10(8-12(20)16(15)24)7-11-17(25)22-19(28)23(18(11)26)14-6-4-3-5-13(14)21/h3-9,24H,2H2,1H3,(H,22,25,28)/b11-7+. The fraction of sp³-hybridized carbons (Fsp3) is 0.105. The maximum absolute atomic E-state index is 13.0. The van der Waals surface area contributed by atoms with Crippen molar-refractivity contribution in [1.29, 1.82) is 0 Å². The number of halogens is 2. The predicted molar refractivity (Wildman–Crippen MR) is 115 cm³/mol. The summed E-state index contributed by atoms with van der Waals surface area (Å²) in [4.78, 5) is 26.6. The molecule has 0 atom stereocenters. The zero-order valence-corrected chi connectivity index (χ0v) is 17.7. The van der Waals surface area contributed by atoms with Crippen LogP contribution in [0, 0.1) is 0 Å². The third kappa shape index (κ3) is 3.89. The Hall–Kier alpha value is -2.42. The molecule has 0 saturated carbocycles. The summed E-state index contributed by atoms with van der Waals surface area (Å²) in [5.41, 5.74) is 0.721. The Bertz CT molecular complexity index is 1020. The summed E-state index contributed by atoms with van der Waals surface area (Å²) >= 11 is 14.6. The van der Waals surface area contributed by atoms with Crippen LogP contribution in [0.4, 0.5) is 5.69 Å². The number of thiocarbonyl (C=S) groups is 1. The molecule has 0 spiro atoms. The molecule has 2 N–H and O–H groups in total. The first-order valence-electron chi connectivity index (χ1n) is 8.14. The third-order valence-corrected chi connectivity index (χ3v) is 5.07. The number of carbonyl (C=O) groups is 2. The van der Waals surface area contributed by atoms with Crippen LogP contribution in [0.15, 0.2) is 46.4 Å². The van der Waals surface area contributed by atoms with Gasteiger partial charge in [0.05, 0.1) is 21.8 Å². The molecule has 6 nitrogen and oxygen atoms in total. The summed E-state index contributed by atoms with van der Waals surface area (Å²) in [6, 6.07) is 9.79. The van der Waals surface area contributed by atoms with Crippen LogP contribution in [-0.2, 0) is 9.59 Å². The lowest BCUT2D eigenvalue weighted by molar-refractivity contribution is -0.122. The fourth-order valence-corrected chi connectivity index (χ4v) is 3.57. The van der Waals surface area contributed by atoms with Gasteiger partial charge in [-0.05, 0) is 71.0 Å². The van der Waals surface area contributed by atoms with Gasteiger partial charge in [0.2, 0.25) is 0 Å². The molecule has 1 aliphatic rings. The van der Waals surface area contributed by atoms with Crippen molar-refractivity contribution in [2.45, 2.75) is 6.92 Å². The second-order valence-corrected chi connectivity index (χ2v) is 7.34. The van der Waals surface area contributed by atoms with Gasteiger partial charge in [0, 0.05) is 0 Å². The molecule has 2 aromatic rings. The Morgan fingerprint density at radius 2 is 2.04 bits per heavy atom. The molecule has 2 amide bonds. The highest BCUT2D eigenvalue weighted by Gasteiger charge is 2.35. The number of ether oxygens (including phenoxy) is 1. The van der Waals surface area contributed by atoms with E-state index in [1.807, 2.05) is 0 Å². The van der Waals surface area contributed by atoms with Gasteiger partial charge in [-0.2, -0.15) is 0 Å². The number of hydrogen-bond donors (Lipinski definition) is 2. The van der Waals surface area contributed by atoms with E-state index in [-0.39, 0.29) is 22.2 Å². The molecule has 1 saturated heterocycles. The average Bonchev–Trinajstić information content (AvgIpc) is 2.64. The molecule has 28 heavy (non-hydrogen) atoms. The largest absolute Gasteiger partial charge is 0.503 e. The summed E-state index contributed by atoms with van der Waals surface area (Å²) in [5, 5.41) is 12.8. The summed E-state index contributed by atoms with van der Waals surface area (Å²) in [5.74, 6) is -1.07. The van der Waals surface area contributed by atoms with E-state index in [0.717, 1.165) is 0 Å². The number of anilines is 1. The smallest absolute Gasteiger partial charge is 0.270 e. The molecular formula is C19H14BrClN2O4S. The number of carbonyl (C=O) groups excluding carboxylic acids is 2. The van der Waals surface area contributed by atoms with E-state index in [1.54, 1.807) is 37.3 Å². The normalized spacial score (nSPS) is 15.8. The molecule has 3 rings (SSSR count). The van der Waals surface area contributed by atoms with Gasteiger partial charge in [-0.15, -0.1) is 0 Å². The molecule has 2 aromatic carbocycles. The molecule has 9 heteroatoms. The van der Waals surface area contributed by atoms with Crippen molar-refractivity contribution in [3.8, 4) is 11.5 Å². The minimum Gasteiger partial charge on any atom is -0.503 e. The van der Waals surface area contributed by atoms with Crippen LogP contribution in [0.3, 0.4) is 0 Å². The molecule has 1 heterocycles. The van der Waals surface area contributed by atoms with Gasteiger partial charge in [-0.3, -0.25) is 19.8 Å². The van der Waals surface area contributed by atoms with Crippen molar-refractivity contribution in [1.82, 2.24) is 5.32 Å². The Kier molecular flexibility index (Phi) is 6.02. The van der Waals surface area contributed by atoms with Gasteiger partial charge >= 0.3 is 0 Å². The molecule has 144 valence electrons. The van der Waals surface area contributed by atoms with E-state index in [4.69, 9.17) is 28.6 Å². The van der Waals surface area contributed by atoms with Crippen LogP contribution in [0.2, 0.25) is 5.02 Å². The van der Waals surface area contributed by atoms with Crippen LogP contribution in [0.5, 0.6) is 11.5 Å². The maximum Gasteiger partial charge on any atom is 0.270 e. The number of aromatic hydroxyl groups is 1. The van der Waals surface area contributed by atoms with Crippen LogP contribution in [0.25, 0.3) is 6.08 Å². The van der Waals surface area contributed by atoms with Crippen molar-refractivity contribution < 1.29 is 19.4 Å². The number of phenolic OH excluding ortho intramolecular Hbond substituents is 1. The number of phenols is 1. The minimum absolute atomic E-state index is 0.0536. The number of benzene rings is 2. The molecule has 1 fully saturated rings. The number of amides is 2. The monoisotopic (exact) mass is 480 g/mol. The van der Waals surface area contributed by atoms with Gasteiger partial charge in [0.25, 0.3) is 11.8 Å². The van der Waals surface area contributed by atoms with E-state index in [1.165, 1.54) is 17.0 Å². The Morgan fingerprint density at radius 1 is 1.32 bits per heavy atom. The number of nitrogens with one attached hydrogen (secondary N) is 1. The van der Waals surface area contributed by atoms with Crippen molar-refractivity contribution in [3.63, 3.8) is 0 Å². The Morgan fingerprint density at radius 3 is 2.71 bits per heavy atom. The summed E-state index contributed by atoms with van der Waals surface area (Å²) in [7, 11) is 0. The van der Waals surface area contributed by atoms with Crippen LogP contribution in [-0.4, -0.2) is 28.6 Å². The summed E-state index contributed by atoms with van der Waals surface area (Å²) in [6.07, 6.45) is 1.40. The first-order valence-corrected chi connectivity index (χ1v) is 9.72. The van der Waals surface area contributed by atoms with E-state index in [0.29, 0.717) is 27.4 Å². The second kappa shape index (κ2) is 8.30. The van der Waals surface area contributed by atoms with Crippen molar-refractivity contribution >= 4 is 68.4 Å². The van der Waals surface area contributed by atoms with Gasteiger partial charge < -0.3 is 9.84 Å². The molecule has 0 bridgehead atoms. The fourth-order valence-electron chi connectivity index (χ4n) is 2.62. The molecule has 0 radical (unpaired) electrons. The average molecular weight is 482 g/mol. The molecule has 0 aromatic heterocycles. The second-order valence-electron chi connectivity index (χ2n) is 5.69. The molecule has 0 unspecified atom stereocenters. The summed E-state index contributed by atoms with van der Waals surface area (Å²) in [6.45, 7) is 2.12. The van der Waals surface area contributed by atoms with Crippen LogP contribution < -0.4 is 15.0 Å². The maximum atomic E-state index is 13.0. The molecular weight excluding hydrogens is 468 g/mol. The molecule has 1 aliphatic heterocycles. The molecule has 0 aliphatic carbocycles. The first kappa shape index (κ1) is 20.3. The number of para-hydroxylation sites is 1. The predicted octanol–water partition coefficient (Wildman–Crippen LogP) is 4.04. The number of nitrogens with zero attached hydrogens (tertiary/aromatic N) is 1. The van der Waals surface area contributed by atoms with E-state index >= 15 is 0 Å². The lowest BCUT2D eigenvalue weighted by Crippen LogP contribution is -2.54. The van der Waals surface area contributed by atoms with Crippen molar-refractivity contribution in [2.75, 3.05) is 11.5 Å². The third-order valence-electron chi connectivity index (χ3n) is 3.86. The minimum atomic E-state index is -0.625. The zero-order chi connectivity index (χ0) is 20.4. The highest BCUT2D eigenvalue weighted by atomic mass is 79.9. The zero-order valence-electron chi connectivity index (χ0n) is 14.5. The van der Waals surface area contributed by atoms with E-state index < -0.39 is 11.8 Å². The van der Waals surface area contributed by atoms with Crippen molar-refractivity contribution in [2.24, 2.45) is 0 Å². The van der Waals surface area contributed by atoms with E-state index in [9.17, 15) is 14.7 Å². The lowest BCUT2D eigenvalue weighted by Gasteiger charge is -2.29. The highest BCUT2D eigenvalue weighted by Crippen LogP contribution is 2.36. The first-order chi connectivity index (χ1) is 13.3. The SMILES string of the molecule is CCOc1cc(/C=C2\C(=O)NC(=S)N(c3ccccc3Cl)C2=O)cc(Br)c1O. The Labute approximate surface area is 179 Å².